The Morgan fingerprint density at radius 3 is 2.40 bits per heavy atom. The highest BCUT2D eigenvalue weighted by atomic mass is 15.1. The van der Waals surface area contributed by atoms with E-state index in [2.05, 4.69) is 37.2 Å². The number of aromatic nitrogens is 2. The Bertz CT molecular complexity index is 198. The third kappa shape index (κ3) is 1.53. The molecule has 10 heavy (non-hydrogen) atoms. The summed E-state index contributed by atoms with van der Waals surface area (Å²) in [6, 6.07) is 1.87. The van der Waals surface area contributed by atoms with E-state index in [1.54, 1.807) is 6.20 Å². The molecule has 0 N–H and O–H groups in total. The summed E-state index contributed by atoms with van der Waals surface area (Å²) in [6.45, 7) is 6.41. The van der Waals surface area contributed by atoms with Crippen molar-refractivity contribution in [3.63, 3.8) is 0 Å². The van der Waals surface area contributed by atoms with Crippen LogP contribution in [0.1, 0.15) is 26.3 Å². The predicted octanol–water partition coefficient (Wildman–Crippen LogP) is 1.57. The van der Waals surface area contributed by atoms with E-state index in [0.717, 1.165) is 0 Å². The van der Waals surface area contributed by atoms with Crippen LogP contribution in [-0.4, -0.2) is 10.2 Å². The minimum Gasteiger partial charge on any atom is -0.158 e. The average molecular weight is 135 g/mol. The predicted molar refractivity (Wildman–Crippen MR) is 39.6 cm³/mol. The summed E-state index contributed by atoms with van der Waals surface area (Å²) in [5, 5.41) is 7.33. The number of nitrogens with zero attached hydrogens (tertiary/aromatic N) is 2. The fourth-order valence-electron chi connectivity index (χ4n) is 0.670. The normalized spacial score (nSPS) is 11.5. The molecule has 1 rings (SSSR count). The maximum atomic E-state index is 3.75. The van der Waals surface area contributed by atoms with Crippen LogP contribution < -0.4 is 0 Å². The molecular weight excluding hydrogens is 124 g/mol. The Morgan fingerprint density at radius 2 is 2.10 bits per heavy atom. The van der Waals surface area contributed by atoms with Gasteiger partial charge in [0, 0.05) is 0 Å². The summed E-state index contributed by atoms with van der Waals surface area (Å²) in [4.78, 5) is 0. The third-order valence-electron chi connectivity index (χ3n) is 1.40. The molecule has 0 aliphatic carbocycles. The second-order valence-corrected chi connectivity index (χ2v) is 3.32. The SMILES string of the molecule is CC(C)(C)c1c[c]nnc1. The minimum absolute atomic E-state index is 0.159. The first kappa shape index (κ1) is 7.19. The van der Waals surface area contributed by atoms with Gasteiger partial charge in [-0.05, 0) is 17.0 Å². The van der Waals surface area contributed by atoms with Gasteiger partial charge in [0.1, 0.15) is 6.20 Å². The zero-order valence-corrected chi connectivity index (χ0v) is 6.55. The second kappa shape index (κ2) is 2.37. The lowest BCUT2D eigenvalue weighted by molar-refractivity contribution is 0.584. The fraction of sp³-hybridized carbons (Fsp3) is 0.500. The summed E-state index contributed by atoms with van der Waals surface area (Å²) in [5.41, 5.74) is 1.33. The molecule has 1 aromatic heterocycles. The molecular formula is C8H11N2. The summed E-state index contributed by atoms with van der Waals surface area (Å²) in [6.07, 6.45) is 4.48. The van der Waals surface area contributed by atoms with Gasteiger partial charge in [0.05, 0.1) is 6.20 Å². The van der Waals surface area contributed by atoms with E-state index in [-0.39, 0.29) is 5.41 Å². The Kier molecular flexibility index (Phi) is 1.70. The maximum absolute atomic E-state index is 3.75. The summed E-state index contributed by atoms with van der Waals surface area (Å²) in [7, 11) is 0. The molecule has 0 fully saturated rings. The Balaban J connectivity index is 2.97. The van der Waals surface area contributed by atoms with Crippen LogP contribution in [0.25, 0.3) is 0 Å². The van der Waals surface area contributed by atoms with Crippen LogP contribution >= 0.6 is 0 Å². The number of hydrogen-bond donors (Lipinski definition) is 0. The van der Waals surface area contributed by atoms with E-state index in [1.807, 2.05) is 6.07 Å². The molecule has 0 spiro atoms. The highest BCUT2D eigenvalue weighted by molar-refractivity contribution is 5.15. The number of rotatable bonds is 0. The van der Waals surface area contributed by atoms with Crippen molar-refractivity contribution < 1.29 is 0 Å². The highest BCUT2D eigenvalue weighted by Gasteiger charge is 2.12. The van der Waals surface area contributed by atoms with Crippen molar-refractivity contribution in [1.29, 1.82) is 0 Å². The van der Waals surface area contributed by atoms with Gasteiger partial charge in [-0.1, -0.05) is 20.8 Å². The Morgan fingerprint density at radius 1 is 1.40 bits per heavy atom. The molecule has 0 amide bonds. The van der Waals surface area contributed by atoms with Crippen molar-refractivity contribution in [3.8, 4) is 0 Å². The third-order valence-corrected chi connectivity index (χ3v) is 1.40. The van der Waals surface area contributed by atoms with Crippen molar-refractivity contribution in [2.75, 3.05) is 0 Å². The monoisotopic (exact) mass is 135 g/mol. The van der Waals surface area contributed by atoms with Crippen LogP contribution in [0.15, 0.2) is 12.3 Å². The lowest BCUT2D eigenvalue weighted by Crippen LogP contribution is -2.11. The first-order valence-electron chi connectivity index (χ1n) is 3.30. The molecule has 0 aromatic carbocycles. The van der Waals surface area contributed by atoms with Crippen molar-refractivity contribution >= 4 is 0 Å². The van der Waals surface area contributed by atoms with E-state index in [1.165, 1.54) is 5.56 Å². The zero-order valence-electron chi connectivity index (χ0n) is 6.55. The lowest BCUT2D eigenvalue weighted by atomic mass is 9.89. The maximum Gasteiger partial charge on any atom is 0.114 e. The highest BCUT2D eigenvalue weighted by Crippen LogP contribution is 2.19. The molecule has 0 saturated carbocycles. The second-order valence-electron chi connectivity index (χ2n) is 3.32. The van der Waals surface area contributed by atoms with E-state index in [0.29, 0.717) is 0 Å². The molecule has 0 atom stereocenters. The lowest BCUT2D eigenvalue weighted by Gasteiger charge is -2.16. The zero-order chi connectivity index (χ0) is 7.61. The Labute approximate surface area is 61.3 Å². The van der Waals surface area contributed by atoms with E-state index in [9.17, 15) is 0 Å². The molecule has 2 heteroatoms. The smallest absolute Gasteiger partial charge is 0.114 e. The molecule has 0 saturated heterocycles. The van der Waals surface area contributed by atoms with Gasteiger partial charge < -0.3 is 0 Å². The van der Waals surface area contributed by atoms with Gasteiger partial charge >= 0.3 is 0 Å². The summed E-state index contributed by atoms with van der Waals surface area (Å²) in [5.74, 6) is 0. The van der Waals surface area contributed by atoms with Crippen LogP contribution in [0.4, 0.5) is 0 Å². The molecule has 1 heterocycles. The van der Waals surface area contributed by atoms with Gasteiger partial charge in [0.2, 0.25) is 0 Å². The van der Waals surface area contributed by atoms with Gasteiger partial charge in [-0.2, -0.15) is 5.10 Å². The molecule has 0 aliphatic rings. The standard InChI is InChI=1S/C8H11N2/c1-8(2,3)7-4-5-9-10-6-7/h4,6H,1-3H3. The summed E-state index contributed by atoms with van der Waals surface area (Å²) < 4.78 is 0. The Hall–Kier alpha value is -0.920. The van der Waals surface area contributed by atoms with E-state index >= 15 is 0 Å². The number of hydrogen-bond acceptors (Lipinski definition) is 2. The van der Waals surface area contributed by atoms with E-state index in [4.69, 9.17) is 0 Å². The molecule has 53 valence electrons. The van der Waals surface area contributed by atoms with Crippen LogP contribution in [0, 0.1) is 6.20 Å². The van der Waals surface area contributed by atoms with Crippen molar-refractivity contribution in [3.05, 3.63) is 24.0 Å². The van der Waals surface area contributed by atoms with Crippen LogP contribution in [-0.2, 0) is 5.41 Å². The first-order chi connectivity index (χ1) is 4.61. The van der Waals surface area contributed by atoms with Gasteiger partial charge in [0.25, 0.3) is 0 Å². The summed E-state index contributed by atoms with van der Waals surface area (Å²) >= 11 is 0. The molecule has 1 aromatic rings. The van der Waals surface area contributed by atoms with Gasteiger partial charge in [0.15, 0.2) is 0 Å². The largest absolute Gasteiger partial charge is 0.158 e. The van der Waals surface area contributed by atoms with E-state index < -0.39 is 0 Å². The van der Waals surface area contributed by atoms with Gasteiger partial charge in [-0.15, -0.1) is 5.10 Å². The van der Waals surface area contributed by atoms with Crippen LogP contribution in [0.5, 0.6) is 0 Å². The first-order valence-corrected chi connectivity index (χ1v) is 3.30. The molecule has 0 bridgehead atoms. The molecule has 0 aliphatic heterocycles. The quantitative estimate of drug-likeness (QED) is 0.539. The van der Waals surface area contributed by atoms with Crippen molar-refractivity contribution in [1.82, 2.24) is 10.2 Å². The molecule has 0 unspecified atom stereocenters. The van der Waals surface area contributed by atoms with Crippen LogP contribution in [0.3, 0.4) is 0 Å². The van der Waals surface area contributed by atoms with Gasteiger partial charge in [-0.3, -0.25) is 0 Å². The van der Waals surface area contributed by atoms with Crippen molar-refractivity contribution in [2.45, 2.75) is 26.2 Å². The molecule has 2 nitrogen and oxygen atoms in total. The topological polar surface area (TPSA) is 25.8 Å². The minimum atomic E-state index is 0.159. The van der Waals surface area contributed by atoms with Crippen LogP contribution in [0.2, 0.25) is 0 Å². The fourth-order valence-corrected chi connectivity index (χ4v) is 0.670. The molecule has 1 radical (unpaired) electrons. The average Bonchev–Trinajstić information content (AvgIpc) is 1.88. The van der Waals surface area contributed by atoms with Gasteiger partial charge in [-0.25, -0.2) is 0 Å². The van der Waals surface area contributed by atoms with Crippen molar-refractivity contribution in [2.24, 2.45) is 0 Å².